The van der Waals surface area contributed by atoms with Crippen LogP contribution in [0.2, 0.25) is 0 Å². The lowest BCUT2D eigenvalue weighted by molar-refractivity contribution is -0.123. The van der Waals surface area contributed by atoms with Crippen LogP contribution >= 0.6 is 0 Å². The van der Waals surface area contributed by atoms with Crippen molar-refractivity contribution in [1.29, 1.82) is 0 Å². The maximum absolute atomic E-state index is 11.8. The molecule has 3 rings (SSSR count). The van der Waals surface area contributed by atoms with E-state index in [0.717, 1.165) is 29.7 Å². The van der Waals surface area contributed by atoms with Crippen molar-refractivity contribution in [2.45, 2.75) is 44.1 Å². The summed E-state index contributed by atoms with van der Waals surface area (Å²) >= 11 is 0. The number of benzene rings is 1. The van der Waals surface area contributed by atoms with E-state index in [2.05, 4.69) is 5.32 Å². The fourth-order valence-electron chi connectivity index (χ4n) is 3.15. The first-order chi connectivity index (χ1) is 10.1. The largest absolute Gasteiger partial charge is 0.497 e. The maximum Gasteiger partial charge on any atom is 0.220 e. The Morgan fingerprint density at radius 3 is 3.00 bits per heavy atom. The van der Waals surface area contributed by atoms with E-state index in [0.29, 0.717) is 25.3 Å². The lowest BCUT2D eigenvalue weighted by Crippen LogP contribution is -2.43. The van der Waals surface area contributed by atoms with Crippen LogP contribution in [-0.2, 0) is 16.8 Å². The average Bonchev–Trinajstić information content (AvgIpc) is 3.29. The normalized spacial score (nSPS) is 24.3. The summed E-state index contributed by atoms with van der Waals surface area (Å²) in [6, 6.07) is 5.80. The van der Waals surface area contributed by atoms with Gasteiger partial charge in [-0.05, 0) is 61.3 Å². The molecule has 0 spiro atoms. The molecule has 2 aliphatic rings. The predicted octanol–water partition coefficient (Wildman–Crippen LogP) is 2.14. The summed E-state index contributed by atoms with van der Waals surface area (Å²) in [4.78, 5) is 11.8. The van der Waals surface area contributed by atoms with Gasteiger partial charge in [0, 0.05) is 6.42 Å². The monoisotopic (exact) mass is 289 g/mol. The van der Waals surface area contributed by atoms with Crippen LogP contribution in [0.15, 0.2) is 18.2 Å². The van der Waals surface area contributed by atoms with Crippen molar-refractivity contribution in [2.75, 3.05) is 13.7 Å². The first-order valence-electron chi connectivity index (χ1n) is 7.77. The fourth-order valence-corrected chi connectivity index (χ4v) is 3.15. The smallest absolute Gasteiger partial charge is 0.220 e. The van der Waals surface area contributed by atoms with Crippen molar-refractivity contribution >= 4 is 5.91 Å². The molecular weight excluding hydrogens is 266 g/mol. The van der Waals surface area contributed by atoms with Crippen molar-refractivity contribution < 1.29 is 14.6 Å². The number of aryl methyl sites for hydroxylation is 1. The minimum Gasteiger partial charge on any atom is -0.497 e. The number of ether oxygens (including phenoxy) is 1. The quantitative estimate of drug-likeness (QED) is 0.873. The molecule has 1 fully saturated rings. The summed E-state index contributed by atoms with van der Waals surface area (Å²) in [5.41, 5.74) is 1.11. The third-order valence-electron chi connectivity index (χ3n) is 4.60. The molecule has 1 saturated carbocycles. The number of fused-ring (bicyclic) bond motifs is 1. The molecule has 0 heterocycles. The summed E-state index contributed by atoms with van der Waals surface area (Å²) in [5, 5.41) is 13.8. The summed E-state index contributed by atoms with van der Waals surface area (Å²) < 4.78 is 5.25. The highest BCUT2D eigenvalue weighted by Crippen LogP contribution is 2.37. The van der Waals surface area contributed by atoms with Gasteiger partial charge in [0.1, 0.15) is 11.4 Å². The Bertz CT molecular complexity index is 539. The Morgan fingerprint density at radius 1 is 1.48 bits per heavy atom. The van der Waals surface area contributed by atoms with Crippen molar-refractivity contribution in [3.8, 4) is 5.75 Å². The molecule has 2 aliphatic carbocycles. The van der Waals surface area contributed by atoms with Crippen LogP contribution in [0.3, 0.4) is 0 Å². The number of carbonyl (C=O) groups excluding carboxylic acids is 1. The van der Waals surface area contributed by atoms with Crippen LogP contribution in [0.25, 0.3) is 0 Å². The molecule has 1 atom stereocenters. The Hall–Kier alpha value is -1.55. The lowest BCUT2D eigenvalue weighted by atomic mass is 9.79. The predicted molar refractivity (Wildman–Crippen MR) is 80.2 cm³/mol. The second-order valence-electron chi connectivity index (χ2n) is 6.33. The molecule has 1 aromatic rings. The zero-order valence-corrected chi connectivity index (χ0v) is 12.5. The minimum atomic E-state index is -0.945. The molecule has 1 unspecified atom stereocenters. The first kappa shape index (κ1) is 14.4. The number of nitrogens with one attached hydrogen (secondary N) is 1. The molecule has 0 radical (unpaired) electrons. The minimum absolute atomic E-state index is 0.0616. The molecule has 114 valence electrons. The summed E-state index contributed by atoms with van der Waals surface area (Å²) in [6.45, 7) is 0.303. The Kier molecular flexibility index (Phi) is 3.89. The molecule has 4 nitrogen and oxygen atoms in total. The number of aliphatic hydroxyl groups is 1. The van der Waals surface area contributed by atoms with E-state index in [1.54, 1.807) is 7.11 Å². The zero-order chi connectivity index (χ0) is 14.9. The van der Waals surface area contributed by atoms with Crippen LogP contribution in [-0.4, -0.2) is 24.7 Å². The number of methoxy groups -OCH3 is 1. The van der Waals surface area contributed by atoms with E-state index in [-0.39, 0.29) is 5.91 Å². The third-order valence-corrected chi connectivity index (χ3v) is 4.60. The molecule has 0 saturated heterocycles. The highest BCUT2D eigenvalue weighted by atomic mass is 16.5. The van der Waals surface area contributed by atoms with Gasteiger partial charge < -0.3 is 15.2 Å². The van der Waals surface area contributed by atoms with Gasteiger partial charge in [-0.15, -0.1) is 0 Å². The summed E-state index contributed by atoms with van der Waals surface area (Å²) in [7, 11) is 1.65. The van der Waals surface area contributed by atoms with Crippen LogP contribution in [0.5, 0.6) is 5.75 Å². The zero-order valence-electron chi connectivity index (χ0n) is 12.5. The highest BCUT2D eigenvalue weighted by molar-refractivity contribution is 5.76. The van der Waals surface area contributed by atoms with Gasteiger partial charge >= 0.3 is 0 Å². The van der Waals surface area contributed by atoms with Gasteiger partial charge in [0.2, 0.25) is 5.91 Å². The topological polar surface area (TPSA) is 58.6 Å². The Labute approximate surface area is 125 Å². The summed E-state index contributed by atoms with van der Waals surface area (Å²) in [5.74, 6) is 1.45. The van der Waals surface area contributed by atoms with E-state index < -0.39 is 5.60 Å². The molecule has 1 amide bonds. The SMILES string of the molecule is COc1ccc2c(c1)CCCC2(O)CNC(=O)CC1CC1. The number of carbonyl (C=O) groups is 1. The molecule has 2 N–H and O–H groups in total. The lowest BCUT2D eigenvalue weighted by Gasteiger charge is -2.35. The molecule has 0 bridgehead atoms. The van der Waals surface area contributed by atoms with E-state index >= 15 is 0 Å². The first-order valence-corrected chi connectivity index (χ1v) is 7.77. The molecule has 0 aliphatic heterocycles. The van der Waals surface area contributed by atoms with Gasteiger partial charge in [-0.3, -0.25) is 4.79 Å². The van der Waals surface area contributed by atoms with Gasteiger partial charge in [0.05, 0.1) is 13.7 Å². The van der Waals surface area contributed by atoms with Crippen LogP contribution in [0, 0.1) is 5.92 Å². The third kappa shape index (κ3) is 3.21. The van der Waals surface area contributed by atoms with Gasteiger partial charge in [0.15, 0.2) is 0 Å². The summed E-state index contributed by atoms with van der Waals surface area (Å²) in [6.07, 6.45) is 5.50. The van der Waals surface area contributed by atoms with Gasteiger partial charge in [-0.2, -0.15) is 0 Å². The fraction of sp³-hybridized carbons (Fsp3) is 0.588. The average molecular weight is 289 g/mol. The van der Waals surface area contributed by atoms with Crippen LogP contribution in [0.4, 0.5) is 0 Å². The van der Waals surface area contributed by atoms with E-state index in [4.69, 9.17) is 4.74 Å². The number of hydrogen-bond acceptors (Lipinski definition) is 3. The second kappa shape index (κ2) is 5.68. The van der Waals surface area contributed by atoms with Crippen molar-refractivity contribution in [3.63, 3.8) is 0 Å². The van der Waals surface area contributed by atoms with E-state index in [9.17, 15) is 9.90 Å². The van der Waals surface area contributed by atoms with Crippen molar-refractivity contribution in [2.24, 2.45) is 5.92 Å². The van der Waals surface area contributed by atoms with Crippen molar-refractivity contribution in [1.82, 2.24) is 5.32 Å². The molecule has 21 heavy (non-hydrogen) atoms. The van der Waals surface area contributed by atoms with Gasteiger partial charge in [0.25, 0.3) is 0 Å². The standard InChI is InChI=1S/C17H23NO3/c1-21-14-6-7-15-13(10-14)3-2-8-17(15,20)11-18-16(19)9-12-4-5-12/h6-7,10,12,20H,2-5,8-9,11H2,1H3,(H,18,19). The number of amides is 1. The van der Waals surface area contributed by atoms with E-state index in [1.807, 2.05) is 18.2 Å². The van der Waals surface area contributed by atoms with Crippen LogP contribution < -0.4 is 10.1 Å². The number of hydrogen-bond donors (Lipinski definition) is 2. The second-order valence-corrected chi connectivity index (χ2v) is 6.33. The Morgan fingerprint density at radius 2 is 2.29 bits per heavy atom. The molecule has 0 aromatic heterocycles. The van der Waals surface area contributed by atoms with Gasteiger partial charge in [-0.1, -0.05) is 6.07 Å². The highest BCUT2D eigenvalue weighted by Gasteiger charge is 2.35. The maximum atomic E-state index is 11.8. The molecule has 4 heteroatoms. The van der Waals surface area contributed by atoms with E-state index in [1.165, 1.54) is 12.8 Å². The molecule has 1 aromatic carbocycles. The number of rotatable bonds is 5. The molecular formula is C17H23NO3. The Balaban J connectivity index is 1.70. The van der Waals surface area contributed by atoms with Gasteiger partial charge in [-0.25, -0.2) is 0 Å². The van der Waals surface area contributed by atoms with Crippen LogP contribution in [0.1, 0.15) is 43.2 Å². The van der Waals surface area contributed by atoms with Crippen molar-refractivity contribution in [3.05, 3.63) is 29.3 Å².